The molecule has 0 N–H and O–H groups in total. The monoisotopic (exact) mass is 456 g/mol. The van der Waals surface area contributed by atoms with Gasteiger partial charge < -0.3 is 18.6 Å². The molecular weight excluding hydrogens is 404 g/mol. The first-order chi connectivity index (χ1) is 14.2. The highest BCUT2D eigenvalue weighted by Gasteiger charge is 2.44. The van der Waals surface area contributed by atoms with Gasteiger partial charge in [0.2, 0.25) is 0 Å². The summed E-state index contributed by atoms with van der Waals surface area (Å²) in [6.07, 6.45) is 7.68. The molecule has 0 bridgehead atoms. The molecule has 0 aromatic carbocycles. The summed E-state index contributed by atoms with van der Waals surface area (Å²) in [5.74, 6) is 0.551. The molecule has 0 saturated carbocycles. The Kier molecular flexibility index (Phi) is 11.0. The van der Waals surface area contributed by atoms with Gasteiger partial charge in [-0.25, -0.2) is 0 Å². The first-order valence-electron chi connectivity index (χ1n) is 12.3. The molecule has 1 saturated heterocycles. The maximum Gasteiger partial charge on any atom is 0.192 e. The molecule has 1 aliphatic rings. The Hall–Kier alpha value is -0.203. The average molecular weight is 457 g/mol. The Morgan fingerprint density at radius 1 is 1.19 bits per heavy atom. The molecule has 0 aliphatic carbocycles. The second-order valence-electron chi connectivity index (χ2n) is 11.5. The molecule has 4 nitrogen and oxygen atoms in total. The van der Waals surface area contributed by atoms with Gasteiger partial charge in [-0.15, -0.1) is 0 Å². The second kappa shape index (κ2) is 11.8. The van der Waals surface area contributed by atoms with Crippen molar-refractivity contribution < 1.29 is 18.6 Å². The molecule has 1 rings (SSSR count). The van der Waals surface area contributed by atoms with Crippen molar-refractivity contribution in [2.45, 2.75) is 124 Å². The molecule has 0 radical (unpaired) electrons. The predicted molar refractivity (Wildman–Crippen MR) is 134 cm³/mol. The van der Waals surface area contributed by atoms with Crippen LogP contribution in [0.3, 0.4) is 0 Å². The van der Waals surface area contributed by atoms with Crippen LogP contribution in [0, 0.1) is 17.8 Å². The summed E-state index contributed by atoms with van der Waals surface area (Å²) in [5, 5.41) is 0.157. The van der Waals surface area contributed by atoms with E-state index in [1.807, 2.05) is 21.0 Å². The van der Waals surface area contributed by atoms with Gasteiger partial charge in [0.1, 0.15) is 0 Å². The van der Waals surface area contributed by atoms with Crippen LogP contribution in [0.1, 0.15) is 81.6 Å². The second-order valence-corrected chi connectivity index (χ2v) is 16.3. The van der Waals surface area contributed by atoms with Crippen molar-refractivity contribution >= 4 is 8.32 Å². The molecule has 0 amide bonds. The van der Waals surface area contributed by atoms with E-state index in [0.29, 0.717) is 11.8 Å². The van der Waals surface area contributed by atoms with Crippen molar-refractivity contribution in [1.29, 1.82) is 0 Å². The zero-order chi connectivity index (χ0) is 24.0. The molecule has 0 spiro atoms. The molecule has 0 aromatic heterocycles. The lowest BCUT2D eigenvalue weighted by Gasteiger charge is -2.46. The molecule has 6 atom stereocenters. The number of methoxy groups -OCH3 is 1. The van der Waals surface area contributed by atoms with Gasteiger partial charge in [0.05, 0.1) is 24.9 Å². The van der Waals surface area contributed by atoms with Crippen LogP contribution in [0.15, 0.2) is 12.2 Å². The van der Waals surface area contributed by atoms with Crippen molar-refractivity contribution in [2.24, 2.45) is 17.8 Å². The summed E-state index contributed by atoms with van der Waals surface area (Å²) >= 11 is 0. The highest BCUT2D eigenvalue weighted by atomic mass is 28.4. The molecule has 184 valence electrons. The van der Waals surface area contributed by atoms with E-state index >= 15 is 0 Å². The van der Waals surface area contributed by atoms with E-state index in [1.165, 1.54) is 0 Å². The Morgan fingerprint density at radius 2 is 1.81 bits per heavy atom. The predicted octanol–water partition coefficient (Wildman–Crippen LogP) is 7.20. The SMILES string of the molecule is C/C=C/C[C@H](C)[C@@H](OC)[C@@H](C)[C@@H](C[C@H]1OC(C)(C)OC[C@H]1CC)O[Si](C)(C)C(C)(C)C. The third-order valence-corrected chi connectivity index (χ3v) is 12.0. The van der Waals surface area contributed by atoms with E-state index in [4.69, 9.17) is 18.6 Å². The lowest BCUT2D eigenvalue weighted by Crippen LogP contribution is -2.52. The first kappa shape index (κ1) is 28.8. The number of allylic oxidation sites excluding steroid dienone is 2. The normalized spacial score (nSPS) is 26.6. The summed E-state index contributed by atoms with van der Waals surface area (Å²) in [5.41, 5.74) is 0. The number of ether oxygens (including phenoxy) is 3. The summed E-state index contributed by atoms with van der Waals surface area (Å²) < 4.78 is 25.6. The Labute approximate surface area is 194 Å². The van der Waals surface area contributed by atoms with E-state index < -0.39 is 14.1 Å². The van der Waals surface area contributed by atoms with Gasteiger partial charge in [-0.05, 0) is 64.1 Å². The quantitative estimate of drug-likeness (QED) is 0.243. The van der Waals surface area contributed by atoms with Crippen molar-refractivity contribution in [2.75, 3.05) is 13.7 Å². The van der Waals surface area contributed by atoms with E-state index in [2.05, 4.69) is 73.7 Å². The van der Waals surface area contributed by atoms with Crippen LogP contribution in [-0.2, 0) is 18.6 Å². The van der Waals surface area contributed by atoms with Gasteiger partial charge in [-0.1, -0.05) is 53.7 Å². The Morgan fingerprint density at radius 3 is 2.29 bits per heavy atom. The van der Waals surface area contributed by atoms with Crippen molar-refractivity contribution in [1.82, 2.24) is 0 Å². The van der Waals surface area contributed by atoms with Gasteiger partial charge >= 0.3 is 0 Å². The fraction of sp³-hybridized carbons (Fsp3) is 0.923. The van der Waals surface area contributed by atoms with Gasteiger partial charge in [0, 0.05) is 18.9 Å². The standard InChI is InChI=1S/C26H52O4Si/c1-13-15-16-19(3)24(27-10)20(4)22(30-31(11,12)25(5,6)7)17-23-21(14-2)18-28-26(8,9)29-23/h13,15,19-24H,14,16-18H2,1-12H3/b15-13+/t19-,20-,21+,22+,23+,24+/m0/s1. The highest BCUT2D eigenvalue weighted by Crippen LogP contribution is 2.41. The van der Waals surface area contributed by atoms with E-state index in [-0.39, 0.29) is 29.3 Å². The van der Waals surface area contributed by atoms with Crippen LogP contribution in [-0.4, -0.2) is 46.1 Å². The van der Waals surface area contributed by atoms with Crippen LogP contribution in [0.2, 0.25) is 18.1 Å². The first-order valence-corrected chi connectivity index (χ1v) is 15.2. The van der Waals surface area contributed by atoms with Gasteiger partial charge in [-0.2, -0.15) is 0 Å². The van der Waals surface area contributed by atoms with Crippen molar-refractivity contribution in [3.8, 4) is 0 Å². The zero-order valence-electron chi connectivity index (χ0n) is 22.6. The average Bonchev–Trinajstić information content (AvgIpc) is 2.64. The number of hydrogen-bond acceptors (Lipinski definition) is 4. The fourth-order valence-corrected chi connectivity index (χ4v) is 5.77. The molecule has 31 heavy (non-hydrogen) atoms. The van der Waals surface area contributed by atoms with E-state index in [9.17, 15) is 0 Å². The minimum atomic E-state index is -1.96. The molecule has 0 unspecified atom stereocenters. The van der Waals surface area contributed by atoms with Crippen molar-refractivity contribution in [3.63, 3.8) is 0 Å². The molecule has 5 heteroatoms. The van der Waals surface area contributed by atoms with Crippen molar-refractivity contribution in [3.05, 3.63) is 12.2 Å². The summed E-state index contributed by atoms with van der Waals surface area (Å²) in [6.45, 7) is 25.3. The van der Waals surface area contributed by atoms with Crippen LogP contribution in [0.5, 0.6) is 0 Å². The maximum atomic E-state index is 7.09. The summed E-state index contributed by atoms with van der Waals surface area (Å²) in [7, 11) is -0.111. The highest BCUT2D eigenvalue weighted by molar-refractivity contribution is 6.74. The lowest BCUT2D eigenvalue weighted by atomic mass is 9.83. The fourth-order valence-electron chi connectivity index (χ4n) is 4.35. The smallest absolute Gasteiger partial charge is 0.192 e. The Balaban J connectivity index is 3.20. The molecule has 1 fully saturated rings. The molecule has 1 aliphatic heterocycles. The maximum absolute atomic E-state index is 7.09. The Bertz CT molecular complexity index is 552. The van der Waals surface area contributed by atoms with Gasteiger partial charge in [0.15, 0.2) is 14.1 Å². The lowest BCUT2D eigenvalue weighted by molar-refractivity contribution is -0.297. The van der Waals surface area contributed by atoms with E-state index in [1.54, 1.807) is 0 Å². The number of rotatable bonds is 11. The third-order valence-electron chi connectivity index (χ3n) is 7.53. The molecule has 0 aromatic rings. The third kappa shape index (κ3) is 8.26. The topological polar surface area (TPSA) is 36.9 Å². The van der Waals surface area contributed by atoms with Crippen LogP contribution in [0.25, 0.3) is 0 Å². The largest absolute Gasteiger partial charge is 0.413 e. The summed E-state index contributed by atoms with van der Waals surface area (Å²) in [4.78, 5) is 0. The minimum Gasteiger partial charge on any atom is -0.413 e. The summed E-state index contributed by atoms with van der Waals surface area (Å²) in [6, 6.07) is 0. The minimum absolute atomic E-state index is 0.0897. The molecule has 1 heterocycles. The zero-order valence-corrected chi connectivity index (χ0v) is 23.6. The van der Waals surface area contributed by atoms with E-state index in [0.717, 1.165) is 25.9 Å². The number of hydrogen-bond donors (Lipinski definition) is 0. The van der Waals surface area contributed by atoms with Gasteiger partial charge in [-0.3, -0.25) is 0 Å². The molecular formula is C26H52O4Si. The van der Waals surface area contributed by atoms with Crippen LogP contribution in [0.4, 0.5) is 0 Å². The van der Waals surface area contributed by atoms with Crippen LogP contribution < -0.4 is 0 Å². The van der Waals surface area contributed by atoms with Crippen LogP contribution >= 0.6 is 0 Å². The van der Waals surface area contributed by atoms with Gasteiger partial charge in [0.25, 0.3) is 0 Å².